The summed E-state index contributed by atoms with van der Waals surface area (Å²) in [5.74, 6) is -0.916. The number of carbonyl (C=O) groups is 3. The van der Waals surface area contributed by atoms with E-state index in [9.17, 15) is 19.2 Å². The molecule has 0 aliphatic heterocycles. The molecule has 0 bridgehead atoms. The van der Waals surface area contributed by atoms with Crippen LogP contribution in [0.25, 0.3) is 11.1 Å². The van der Waals surface area contributed by atoms with E-state index >= 15 is 0 Å². The first-order valence-electron chi connectivity index (χ1n) is 12.6. The molecule has 9 nitrogen and oxygen atoms in total. The highest BCUT2D eigenvalue weighted by Crippen LogP contribution is 2.34. The minimum atomic E-state index is -0.999. The summed E-state index contributed by atoms with van der Waals surface area (Å²) < 4.78 is 11.6. The minimum absolute atomic E-state index is 0.157. The molecule has 3 N–H and O–H groups in total. The van der Waals surface area contributed by atoms with E-state index in [4.69, 9.17) is 26.8 Å². The number of Topliss-reactive ketones (excluding diaryl/α,β-unsaturated/α-hetero) is 1. The molecule has 1 aromatic heterocycles. The molecule has 0 saturated heterocycles. The molecule has 10 heteroatoms. The van der Waals surface area contributed by atoms with Gasteiger partial charge in [0.05, 0.1) is 26.0 Å². The second-order valence-corrected chi connectivity index (χ2v) is 9.70. The van der Waals surface area contributed by atoms with Crippen LogP contribution in [-0.4, -0.2) is 36.4 Å². The SMILES string of the molecule is COC(=O)c1ccc(NC(=O)C(Cc2ccc(N)cc2)n2cc(OC)c(-c3cc(Cl)ccc3C(C)=O)cc2=O)cc1. The van der Waals surface area contributed by atoms with Crippen molar-refractivity contribution >= 4 is 40.6 Å². The zero-order valence-electron chi connectivity index (χ0n) is 22.6. The Bertz CT molecular complexity index is 1660. The fourth-order valence-corrected chi connectivity index (χ4v) is 4.59. The van der Waals surface area contributed by atoms with Crippen molar-refractivity contribution in [1.29, 1.82) is 0 Å². The number of nitrogens with one attached hydrogen (secondary N) is 1. The number of aromatic nitrogens is 1. The number of pyridine rings is 1. The van der Waals surface area contributed by atoms with Gasteiger partial charge in [0.1, 0.15) is 11.8 Å². The molecule has 41 heavy (non-hydrogen) atoms. The highest BCUT2D eigenvalue weighted by Gasteiger charge is 2.25. The van der Waals surface area contributed by atoms with Crippen LogP contribution in [0.3, 0.4) is 0 Å². The number of anilines is 2. The lowest BCUT2D eigenvalue weighted by atomic mass is 9.97. The number of methoxy groups -OCH3 is 2. The van der Waals surface area contributed by atoms with Crippen LogP contribution >= 0.6 is 11.6 Å². The third-order valence-electron chi connectivity index (χ3n) is 6.54. The van der Waals surface area contributed by atoms with Gasteiger partial charge >= 0.3 is 5.97 Å². The maximum Gasteiger partial charge on any atom is 0.337 e. The van der Waals surface area contributed by atoms with Gasteiger partial charge in [-0.05, 0) is 72.6 Å². The lowest BCUT2D eigenvalue weighted by Gasteiger charge is -2.22. The van der Waals surface area contributed by atoms with E-state index in [1.165, 1.54) is 50.1 Å². The van der Waals surface area contributed by atoms with Crippen molar-refractivity contribution in [3.8, 4) is 16.9 Å². The number of nitrogen functional groups attached to an aromatic ring is 1. The number of nitrogens with two attached hydrogens (primary N) is 1. The third kappa shape index (κ3) is 6.64. The van der Waals surface area contributed by atoms with Gasteiger partial charge in [-0.1, -0.05) is 23.7 Å². The normalized spacial score (nSPS) is 11.4. The van der Waals surface area contributed by atoms with E-state index in [1.54, 1.807) is 54.6 Å². The summed E-state index contributed by atoms with van der Waals surface area (Å²) >= 11 is 6.22. The molecule has 0 fully saturated rings. The number of benzene rings is 3. The first kappa shape index (κ1) is 29.1. The number of ketones is 1. The standard InChI is InChI=1S/C31H28ClN3O6/c1-18(36)24-13-8-21(32)15-25(24)26-16-29(37)35(17-28(26)40-2)27(14-19-4-9-22(33)10-5-19)30(38)34-23-11-6-20(7-12-23)31(39)41-3/h4-13,15-17,27H,14,33H2,1-3H3,(H,34,38). The summed E-state index contributed by atoms with van der Waals surface area (Å²) in [4.78, 5) is 51.3. The van der Waals surface area contributed by atoms with Gasteiger partial charge in [0.15, 0.2) is 5.78 Å². The molecule has 0 aliphatic carbocycles. The number of esters is 1. The first-order valence-corrected chi connectivity index (χ1v) is 12.9. The van der Waals surface area contributed by atoms with Crippen molar-refractivity contribution in [2.75, 3.05) is 25.3 Å². The Balaban J connectivity index is 1.78. The van der Waals surface area contributed by atoms with Crippen molar-refractivity contribution < 1.29 is 23.9 Å². The van der Waals surface area contributed by atoms with Gasteiger partial charge in [-0.15, -0.1) is 0 Å². The average molecular weight is 574 g/mol. The molecular formula is C31H28ClN3O6. The van der Waals surface area contributed by atoms with Crippen LogP contribution in [0.15, 0.2) is 83.8 Å². The molecule has 210 valence electrons. The quantitative estimate of drug-likeness (QED) is 0.160. The smallest absolute Gasteiger partial charge is 0.337 e. The summed E-state index contributed by atoms with van der Waals surface area (Å²) in [6, 6.07) is 18.3. The number of nitrogens with zero attached hydrogens (tertiary/aromatic N) is 1. The van der Waals surface area contributed by atoms with Crippen molar-refractivity contribution in [1.82, 2.24) is 4.57 Å². The van der Waals surface area contributed by atoms with E-state index in [1.807, 2.05) is 0 Å². The van der Waals surface area contributed by atoms with Crippen LogP contribution in [0.4, 0.5) is 11.4 Å². The number of amides is 1. The highest BCUT2D eigenvalue weighted by molar-refractivity contribution is 6.31. The van der Waals surface area contributed by atoms with Crippen molar-refractivity contribution in [2.24, 2.45) is 0 Å². The molecular weight excluding hydrogens is 546 g/mol. The molecule has 0 saturated carbocycles. The van der Waals surface area contributed by atoms with E-state index in [2.05, 4.69) is 5.32 Å². The van der Waals surface area contributed by atoms with Crippen LogP contribution in [0.1, 0.15) is 39.2 Å². The second kappa shape index (κ2) is 12.5. The summed E-state index contributed by atoms with van der Waals surface area (Å²) in [6.07, 6.45) is 1.61. The van der Waals surface area contributed by atoms with Crippen LogP contribution in [0, 0.1) is 0 Å². The molecule has 1 atom stereocenters. The van der Waals surface area contributed by atoms with Crippen molar-refractivity contribution in [3.05, 3.63) is 111 Å². The summed E-state index contributed by atoms with van der Waals surface area (Å²) in [6.45, 7) is 1.42. The van der Waals surface area contributed by atoms with Gasteiger partial charge in [0.2, 0.25) is 5.91 Å². The summed E-state index contributed by atoms with van der Waals surface area (Å²) in [5, 5.41) is 3.20. The number of ether oxygens (including phenoxy) is 2. The van der Waals surface area contributed by atoms with Crippen LogP contribution in [-0.2, 0) is 16.0 Å². The third-order valence-corrected chi connectivity index (χ3v) is 6.77. The fraction of sp³-hybridized carbons (Fsp3) is 0.161. The van der Waals surface area contributed by atoms with E-state index in [0.717, 1.165) is 5.56 Å². The van der Waals surface area contributed by atoms with Gasteiger partial charge in [-0.25, -0.2) is 4.79 Å². The topological polar surface area (TPSA) is 130 Å². The lowest BCUT2D eigenvalue weighted by molar-refractivity contribution is -0.119. The molecule has 3 aromatic carbocycles. The Kier molecular flexibility index (Phi) is 8.89. The molecule has 4 rings (SSSR count). The van der Waals surface area contributed by atoms with Gasteiger partial charge in [0.25, 0.3) is 5.56 Å². The van der Waals surface area contributed by atoms with Crippen LogP contribution in [0.5, 0.6) is 5.75 Å². The predicted octanol–water partition coefficient (Wildman–Crippen LogP) is 5.17. The minimum Gasteiger partial charge on any atom is -0.495 e. The van der Waals surface area contributed by atoms with Crippen molar-refractivity contribution in [2.45, 2.75) is 19.4 Å². The van der Waals surface area contributed by atoms with Gasteiger partial charge in [0, 0.05) is 40.0 Å². The zero-order valence-corrected chi connectivity index (χ0v) is 23.4. The Morgan fingerprint density at radius 3 is 2.24 bits per heavy atom. The number of carbonyl (C=O) groups excluding carboxylic acids is 3. The van der Waals surface area contributed by atoms with E-state index in [0.29, 0.717) is 38.7 Å². The van der Waals surface area contributed by atoms with E-state index in [-0.39, 0.29) is 18.0 Å². The predicted molar refractivity (Wildman–Crippen MR) is 158 cm³/mol. The Hall–Kier alpha value is -4.89. The second-order valence-electron chi connectivity index (χ2n) is 9.27. The number of hydrogen-bond acceptors (Lipinski definition) is 7. The maximum absolute atomic E-state index is 13.7. The zero-order chi connectivity index (χ0) is 29.7. The van der Waals surface area contributed by atoms with Crippen molar-refractivity contribution in [3.63, 3.8) is 0 Å². The average Bonchev–Trinajstić information content (AvgIpc) is 2.96. The number of halogens is 1. The Morgan fingerprint density at radius 2 is 1.63 bits per heavy atom. The van der Waals surface area contributed by atoms with Crippen LogP contribution < -0.4 is 21.3 Å². The first-order chi connectivity index (χ1) is 19.6. The maximum atomic E-state index is 13.7. The summed E-state index contributed by atoms with van der Waals surface area (Å²) in [7, 11) is 2.72. The highest BCUT2D eigenvalue weighted by atomic mass is 35.5. The summed E-state index contributed by atoms with van der Waals surface area (Å²) in [5.41, 5.74) is 8.60. The number of hydrogen-bond donors (Lipinski definition) is 2. The molecule has 0 radical (unpaired) electrons. The lowest BCUT2D eigenvalue weighted by Crippen LogP contribution is -2.34. The Morgan fingerprint density at radius 1 is 0.951 bits per heavy atom. The monoisotopic (exact) mass is 573 g/mol. The largest absolute Gasteiger partial charge is 0.495 e. The molecule has 1 unspecified atom stereocenters. The molecule has 1 amide bonds. The van der Waals surface area contributed by atoms with Gasteiger partial charge in [-0.2, -0.15) is 0 Å². The Labute approximate surface area is 241 Å². The molecule has 0 spiro atoms. The molecule has 4 aromatic rings. The van der Waals surface area contributed by atoms with Gasteiger partial charge in [-0.3, -0.25) is 19.0 Å². The van der Waals surface area contributed by atoms with Crippen LogP contribution in [0.2, 0.25) is 5.02 Å². The van der Waals surface area contributed by atoms with Gasteiger partial charge < -0.3 is 20.5 Å². The van der Waals surface area contributed by atoms with E-state index < -0.39 is 23.5 Å². The molecule has 1 heterocycles. The number of rotatable bonds is 9. The fourth-order valence-electron chi connectivity index (χ4n) is 4.42. The molecule has 0 aliphatic rings.